The van der Waals surface area contributed by atoms with Crippen molar-refractivity contribution < 1.29 is 13.9 Å². The SMILES string of the molecule is COc1nn(C)cc1C(=O)N(CCCN(C)C)c1nc2c(F)cccc2s1. The number of benzene rings is 1. The zero-order valence-electron chi connectivity index (χ0n) is 15.8. The van der Waals surface area contributed by atoms with E-state index in [0.29, 0.717) is 21.9 Å². The highest BCUT2D eigenvalue weighted by Crippen LogP contribution is 2.32. The summed E-state index contributed by atoms with van der Waals surface area (Å²) in [6, 6.07) is 4.81. The lowest BCUT2D eigenvalue weighted by atomic mass is 10.2. The molecule has 0 aliphatic carbocycles. The summed E-state index contributed by atoms with van der Waals surface area (Å²) in [6.07, 6.45) is 2.37. The van der Waals surface area contributed by atoms with Crippen LogP contribution >= 0.6 is 11.3 Å². The topological polar surface area (TPSA) is 63.5 Å². The molecule has 0 bridgehead atoms. The smallest absolute Gasteiger partial charge is 0.267 e. The number of rotatable bonds is 7. The standard InChI is InChI=1S/C18H22FN5O2S/c1-22(2)9-6-10-24(17(25)12-11-23(3)21-16(12)26-4)18-20-15-13(19)7-5-8-14(15)27-18/h5,7-8,11H,6,9-10H2,1-4H3. The summed E-state index contributed by atoms with van der Waals surface area (Å²) >= 11 is 1.29. The van der Waals surface area contributed by atoms with Gasteiger partial charge in [0.2, 0.25) is 5.88 Å². The number of para-hydroxylation sites is 1. The number of nitrogens with zero attached hydrogens (tertiary/aromatic N) is 5. The molecule has 3 aromatic rings. The molecule has 3 rings (SSSR count). The van der Waals surface area contributed by atoms with Crippen LogP contribution in [0.1, 0.15) is 16.8 Å². The molecule has 0 N–H and O–H groups in total. The Balaban J connectivity index is 1.98. The van der Waals surface area contributed by atoms with Crippen LogP contribution in [0.15, 0.2) is 24.4 Å². The number of anilines is 1. The number of hydrogen-bond donors (Lipinski definition) is 0. The maximum Gasteiger partial charge on any atom is 0.267 e. The quantitative estimate of drug-likeness (QED) is 0.620. The van der Waals surface area contributed by atoms with Crippen LogP contribution in [0.3, 0.4) is 0 Å². The van der Waals surface area contributed by atoms with Crippen LogP contribution in [0.2, 0.25) is 0 Å². The van der Waals surface area contributed by atoms with Crippen LogP contribution < -0.4 is 9.64 Å². The Labute approximate surface area is 161 Å². The van der Waals surface area contributed by atoms with E-state index < -0.39 is 5.82 Å². The van der Waals surface area contributed by atoms with Crippen LogP contribution in [0, 0.1) is 5.82 Å². The molecule has 0 saturated carbocycles. The van der Waals surface area contributed by atoms with E-state index in [9.17, 15) is 9.18 Å². The molecular formula is C18H22FN5O2S. The zero-order chi connectivity index (χ0) is 19.6. The van der Waals surface area contributed by atoms with Crippen LogP contribution in [-0.2, 0) is 7.05 Å². The molecule has 7 nitrogen and oxygen atoms in total. The van der Waals surface area contributed by atoms with Crippen LogP contribution in [0.5, 0.6) is 5.88 Å². The number of hydrogen-bond acceptors (Lipinski definition) is 6. The summed E-state index contributed by atoms with van der Waals surface area (Å²) in [5.74, 6) is -0.403. The minimum absolute atomic E-state index is 0.257. The van der Waals surface area contributed by atoms with Gasteiger partial charge in [-0.25, -0.2) is 9.37 Å². The minimum Gasteiger partial charge on any atom is -0.479 e. The molecule has 0 aliphatic heterocycles. The fraction of sp³-hybridized carbons (Fsp3) is 0.389. The van der Waals surface area contributed by atoms with E-state index in [1.165, 1.54) is 29.2 Å². The number of fused-ring (bicyclic) bond motifs is 1. The van der Waals surface area contributed by atoms with E-state index >= 15 is 0 Å². The van der Waals surface area contributed by atoms with Crippen molar-refractivity contribution >= 4 is 32.6 Å². The van der Waals surface area contributed by atoms with E-state index in [0.717, 1.165) is 13.0 Å². The number of carbonyl (C=O) groups is 1. The molecule has 144 valence electrons. The lowest BCUT2D eigenvalue weighted by Gasteiger charge is -2.20. The largest absolute Gasteiger partial charge is 0.479 e. The van der Waals surface area contributed by atoms with Crippen molar-refractivity contribution in [1.29, 1.82) is 0 Å². The van der Waals surface area contributed by atoms with E-state index in [4.69, 9.17) is 4.74 Å². The van der Waals surface area contributed by atoms with Gasteiger partial charge >= 0.3 is 0 Å². The van der Waals surface area contributed by atoms with Crippen LogP contribution in [0.25, 0.3) is 10.2 Å². The fourth-order valence-electron chi connectivity index (χ4n) is 2.76. The Hall–Kier alpha value is -2.52. The predicted octanol–water partition coefficient (Wildman–Crippen LogP) is 2.78. The molecule has 0 atom stereocenters. The predicted molar refractivity (Wildman–Crippen MR) is 104 cm³/mol. The lowest BCUT2D eigenvalue weighted by Crippen LogP contribution is -2.33. The molecule has 1 amide bonds. The normalized spacial score (nSPS) is 11.3. The fourth-order valence-corrected chi connectivity index (χ4v) is 3.76. The summed E-state index contributed by atoms with van der Waals surface area (Å²) in [5.41, 5.74) is 0.630. The first-order valence-corrected chi connectivity index (χ1v) is 9.31. The van der Waals surface area contributed by atoms with Crippen molar-refractivity contribution in [3.8, 4) is 5.88 Å². The third-order valence-electron chi connectivity index (χ3n) is 4.04. The van der Waals surface area contributed by atoms with Crippen molar-refractivity contribution in [3.05, 3.63) is 35.8 Å². The van der Waals surface area contributed by atoms with Gasteiger partial charge in [0.05, 0.1) is 11.8 Å². The first-order chi connectivity index (χ1) is 12.9. The third kappa shape index (κ3) is 4.09. The molecule has 27 heavy (non-hydrogen) atoms. The van der Waals surface area contributed by atoms with E-state index in [1.54, 1.807) is 30.3 Å². The maximum atomic E-state index is 14.1. The first kappa shape index (κ1) is 19.2. The Morgan fingerprint density at radius 1 is 1.33 bits per heavy atom. The van der Waals surface area contributed by atoms with Crippen LogP contribution in [-0.4, -0.2) is 59.9 Å². The molecule has 2 heterocycles. The molecule has 0 aliphatic rings. The Bertz CT molecular complexity index is 953. The van der Waals surface area contributed by atoms with Crippen molar-refractivity contribution in [3.63, 3.8) is 0 Å². The van der Waals surface area contributed by atoms with Crippen molar-refractivity contribution in [2.24, 2.45) is 7.05 Å². The Morgan fingerprint density at radius 2 is 2.11 bits per heavy atom. The molecule has 1 aromatic carbocycles. The van der Waals surface area contributed by atoms with E-state index in [1.807, 2.05) is 19.0 Å². The molecule has 0 unspecified atom stereocenters. The van der Waals surface area contributed by atoms with Crippen LogP contribution in [0.4, 0.5) is 9.52 Å². The lowest BCUT2D eigenvalue weighted by molar-refractivity contribution is 0.0983. The average molecular weight is 391 g/mol. The summed E-state index contributed by atoms with van der Waals surface area (Å²) in [6.45, 7) is 1.27. The van der Waals surface area contributed by atoms with E-state index in [2.05, 4.69) is 10.1 Å². The summed E-state index contributed by atoms with van der Waals surface area (Å²) < 4.78 is 21.5. The van der Waals surface area contributed by atoms with Gasteiger partial charge in [0.15, 0.2) is 5.13 Å². The summed E-state index contributed by atoms with van der Waals surface area (Å²) in [7, 11) is 7.15. The van der Waals surface area contributed by atoms with E-state index in [-0.39, 0.29) is 17.3 Å². The number of carbonyl (C=O) groups excluding carboxylic acids is 1. The molecule has 0 spiro atoms. The van der Waals surface area contributed by atoms with Crippen molar-refractivity contribution in [2.45, 2.75) is 6.42 Å². The first-order valence-electron chi connectivity index (χ1n) is 8.50. The molecule has 0 saturated heterocycles. The molecule has 9 heteroatoms. The van der Waals surface area contributed by atoms with Gasteiger partial charge in [-0.05, 0) is 39.2 Å². The van der Waals surface area contributed by atoms with Gasteiger partial charge in [-0.2, -0.15) is 0 Å². The van der Waals surface area contributed by atoms with Gasteiger partial charge in [-0.3, -0.25) is 14.4 Å². The Kier molecular flexibility index (Phi) is 5.71. The number of methoxy groups -OCH3 is 1. The average Bonchev–Trinajstić information content (AvgIpc) is 3.22. The molecule has 0 radical (unpaired) electrons. The second-order valence-electron chi connectivity index (χ2n) is 6.42. The molecular weight excluding hydrogens is 369 g/mol. The van der Waals surface area contributed by atoms with Gasteiger partial charge in [-0.1, -0.05) is 17.4 Å². The second-order valence-corrected chi connectivity index (χ2v) is 7.43. The minimum atomic E-state index is -0.394. The number of ether oxygens (including phenoxy) is 1. The van der Waals surface area contributed by atoms with Crippen molar-refractivity contribution in [1.82, 2.24) is 19.7 Å². The van der Waals surface area contributed by atoms with Gasteiger partial charge in [0, 0.05) is 19.8 Å². The monoisotopic (exact) mass is 391 g/mol. The molecule has 2 aromatic heterocycles. The summed E-state index contributed by atoms with van der Waals surface area (Å²) in [4.78, 5) is 21.2. The number of halogens is 1. The highest BCUT2D eigenvalue weighted by atomic mass is 32.1. The maximum absolute atomic E-state index is 14.1. The van der Waals surface area contributed by atoms with Gasteiger partial charge in [0.25, 0.3) is 5.91 Å². The third-order valence-corrected chi connectivity index (χ3v) is 5.08. The number of amides is 1. The number of thiazole rings is 1. The molecule has 0 fully saturated rings. The number of aryl methyl sites for hydroxylation is 1. The highest BCUT2D eigenvalue weighted by molar-refractivity contribution is 7.22. The van der Waals surface area contributed by atoms with Gasteiger partial charge < -0.3 is 9.64 Å². The number of aromatic nitrogens is 3. The second kappa shape index (κ2) is 8.01. The summed E-state index contributed by atoms with van der Waals surface area (Å²) in [5, 5.41) is 4.62. The van der Waals surface area contributed by atoms with Gasteiger partial charge in [-0.15, -0.1) is 5.10 Å². The van der Waals surface area contributed by atoms with Gasteiger partial charge in [0.1, 0.15) is 16.9 Å². The van der Waals surface area contributed by atoms with Crippen molar-refractivity contribution in [2.75, 3.05) is 39.2 Å². The zero-order valence-corrected chi connectivity index (χ0v) is 16.6. The highest BCUT2D eigenvalue weighted by Gasteiger charge is 2.26. The Morgan fingerprint density at radius 3 is 2.78 bits per heavy atom.